The zero-order valence-electron chi connectivity index (χ0n) is 19.7. The standard InChI is InChI=1S/C24H24N6O5S/c1-15-26-16-8-4-5-9-17(16)29(15)18(14-25-36(31)32)23-27-28-24(21-12-7-13-35-21)30(23)22-19(33-2)10-6-11-20(22)34-3/h4-13,18,25H,14H2,1-3H3,(H,31,32)/p-1. The van der Waals surface area contributed by atoms with Gasteiger partial charge in [0.2, 0.25) is 5.82 Å². The second-order valence-electron chi connectivity index (χ2n) is 7.82. The third-order valence-corrected chi connectivity index (χ3v) is 6.23. The quantitative estimate of drug-likeness (QED) is 0.301. The minimum absolute atomic E-state index is 0.00887. The summed E-state index contributed by atoms with van der Waals surface area (Å²) in [6.07, 6.45) is 1.54. The molecule has 5 rings (SSSR count). The minimum atomic E-state index is -2.51. The van der Waals surface area contributed by atoms with Crippen molar-refractivity contribution in [2.45, 2.75) is 13.0 Å². The van der Waals surface area contributed by atoms with Gasteiger partial charge in [-0.1, -0.05) is 18.2 Å². The van der Waals surface area contributed by atoms with E-state index in [4.69, 9.17) is 13.9 Å². The van der Waals surface area contributed by atoms with Crippen molar-refractivity contribution in [2.24, 2.45) is 0 Å². The Balaban J connectivity index is 1.82. The Morgan fingerprint density at radius 2 is 1.81 bits per heavy atom. The monoisotopic (exact) mass is 507 g/mol. The molecule has 0 fully saturated rings. The van der Waals surface area contributed by atoms with Gasteiger partial charge in [-0.05, 0) is 43.3 Å². The van der Waals surface area contributed by atoms with E-state index in [-0.39, 0.29) is 6.54 Å². The molecular formula is C24H23N6O5S-. The Morgan fingerprint density at radius 3 is 2.47 bits per heavy atom. The molecule has 186 valence electrons. The number of methoxy groups -OCH3 is 2. The van der Waals surface area contributed by atoms with Crippen LogP contribution < -0.4 is 14.2 Å². The molecule has 12 heteroatoms. The van der Waals surface area contributed by atoms with Crippen LogP contribution in [0.1, 0.15) is 17.7 Å². The molecular weight excluding hydrogens is 484 g/mol. The van der Waals surface area contributed by atoms with E-state index in [0.717, 1.165) is 11.0 Å². The topological polar surface area (TPSA) is 132 Å². The lowest BCUT2D eigenvalue weighted by molar-refractivity contribution is 0.389. The normalized spacial score (nSPS) is 13.1. The Bertz CT molecular complexity index is 1510. The summed E-state index contributed by atoms with van der Waals surface area (Å²) < 4.78 is 46.4. The molecule has 2 atom stereocenters. The van der Waals surface area contributed by atoms with E-state index in [1.165, 1.54) is 0 Å². The van der Waals surface area contributed by atoms with E-state index < -0.39 is 17.3 Å². The molecule has 2 unspecified atom stereocenters. The van der Waals surface area contributed by atoms with Crippen LogP contribution in [-0.2, 0) is 11.3 Å². The van der Waals surface area contributed by atoms with Crippen molar-refractivity contribution in [2.75, 3.05) is 20.8 Å². The number of benzene rings is 2. The molecule has 2 aromatic carbocycles. The third-order valence-electron chi connectivity index (χ3n) is 5.83. The maximum atomic E-state index is 11.6. The van der Waals surface area contributed by atoms with Crippen molar-refractivity contribution in [3.8, 4) is 28.8 Å². The lowest BCUT2D eigenvalue weighted by Gasteiger charge is -2.24. The number of para-hydroxylation sites is 3. The summed E-state index contributed by atoms with van der Waals surface area (Å²) in [4.78, 5) is 4.67. The van der Waals surface area contributed by atoms with Crippen molar-refractivity contribution < 1.29 is 22.7 Å². The van der Waals surface area contributed by atoms with Gasteiger partial charge in [-0.2, -0.15) is 0 Å². The predicted molar refractivity (Wildman–Crippen MR) is 132 cm³/mol. The fourth-order valence-electron chi connectivity index (χ4n) is 4.35. The Kier molecular flexibility index (Phi) is 6.55. The highest BCUT2D eigenvalue weighted by molar-refractivity contribution is 7.77. The highest BCUT2D eigenvalue weighted by atomic mass is 32.2. The van der Waals surface area contributed by atoms with Gasteiger partial charge in [0, 0.05) is 17.8 Å². The van der Waals surface area contributed by atoms with Crippen LogP contribution in [0.2, 0.25) is 0 Å². The molecule has 0 saturated heterocycles. The molecule has 0 radical (unpaired) electrons. The summed E-state index contributed by atoms with van der Waals surface area (Å²) in [7, 11) is 3.12. The van der Waals surface area contributed by atoms with Gasteiger partial charge in [-0.15, -0.1) is 10.2 Å². The highest BCUT2D eigenvalue weighted by Gasteiger charge is 2.30. The average molecular weight is 508 g/mol. The Morgan fingerprint density at radius 1 is 1.06 bits per heavy atom. The van der Waals surface area contributed by atoms with Crippen LogP contribution in [0.4, 0.5) is 0 Å². The van der Waals surface area contributed by atoms with Gasteiger partial charge in [0.25, 0.3) is 0 Å². The first-order chi connectivity index (χ1) is 17.5. The van der Waals surface area contributed by atoms with Crippen LogP contribution in [0.15, 0.2) is 65.3 Å². The summed E-state index contributed by atoms with van der Waals surface area (Å²) in [5, 5.41) is 8.98. The number of nitrogens with zero attached hydrogens (tertiary/aromatic N) is 5. The van der Waals surface area contributed by atoms with E-state index in [1.807, 2.05) is 41.8 Å². The molecule has 3 heterocycles. The molecule has 0 amide bonds. The number of aryl methyl sites for hydroxylation is 1. The van der Waals surface area contributed by atoms with Crippen LogP contribution in [0.25, 0.3) is 28.3 Å². The van der Waals surface area contributed by atoms with Crippen LogP contribution in [-0.4, -0.2) is 53.8 Å². The maximum absolute atomic E-state index is 11.6. The lowest BCUT2D eigenvalue weighted by Crippen LogP contribution is -2.30. The van der Waals surface area contributed by atoms with Crippen LogP contribution in [0.3, 0.4) is 0 Å². The Labute approximate surface area is 209 Å². The van der Waals surface area contributed by atoms with E-state index in [9.17, 15) is 8.76 Å². The lowest BCUT2D eigenvalue weighted by atomic mass is 10.2. The molecule has 0 bridgehead atoms. The molecule has 1 N–H and O–H groups in total. The SMILES string of the molecule is COc1cccc(OC)c1-n1c(-c2ccco2)nnc1C(CNS(=O)[O-])n1c(C)nc2ccccc21. The van der Waals surface area contributed by atoms with Crippen LogP contribution >= 0.6 is 0 Å². The molecule has 0 spiro atoms. The largest absolute Gasteiger partial charge is 0.760 e. The fraction of sp³-hybridized carbons (Fsp3) is 0.208. The second kappa shape index (κ2) is 9.93. The van der Waals surface area contributed by atoms with Crippen LogP contribution in [0, 0.1) is 6.92 Å². The summed E-state index contributed by atoms with van der Waals surface area (Å²) in [5.74, 6) is 2.99. The first-order valence-electron chi connectivity index (χ1n) is 11.0. The molecule has 0 aliphatic carbocycles. The van der Waals surface area contributed by atoms with Gasteiger partial charge >= 0.3 is 0 Å². The van der Waals surface area contributed by atoms with Gasteiger partial charge in [-0.25, -0.2) is 9.71 Å². The smallest absolute Gasteiger partial charge is 0.204 e. The number of imidazole rings is 1. The number of rotatable bonds is 9. The van der Waals surface area contributed by atoms with Crippen molar-refractivity contribution >= 4 is 22.3 Å². The molecule has 11 nitrogen and oxygen atoms in total. The number of fused-ring (bicyclic) bond motifs is 1. The molecule has 0 aliphatic rings. The summed E-state index contributed by atoms with van der Waals surface area (Å²) >= 11 is -2.51. The summed E-state index contributed by atoms with van der Waals surface area (Å²) in [5.41, 5.74) is 2.14. The number of ether oxygens (including phenoxy) is 2. The molecule has 36 heavy (non-hydrogen) atoms. The third kappa shape index (κ3) is 4.15. The van der Waals surface area contributed by atoms with Crippen molar-refractivity contribution in [3.63, 3.8) is 0 Å². The van der Waals surface area contributed by atoms with Crippen molar-refractivity contribution in [1.82, 2.24) is 29.0 Å². The number of aromatic nitrogens is 5. The van der Waals surface area contributed by atoms with Crippen LogP contribution in [0.5, 0.6) is 11.5 Å². The fourth-order valence-corrected chi connectivity index (χ4v) is 4.65. The number of hydrogen-bond acceptors (Lipinski definition) is 8. The number of furan rings is 1. The molecule has 5 aromatic rings. The molecule has 0 saturated carbocycles. The van der Waals surface area contributed by atoms with Gasteiger partial charge < -0.3 is 23.0 Å². The Hall–Kier alpha value is -4.00. The zero-order chi connectivity index (χ0) is 25.2. The molecule has 3 aromatic heterocycles. The average Bonchev–Trinajstić information content (AvgIpc) is 3.62. The van der Waals surface area contributed by atoms with E-state index in [2.05, 4.69) is 19.9 Å². The van der Waals surface area contributed by atoms with E-state index in [0.29, 0.717) is 40.4 Å². The van der Waals surface area contributed by atoms with Gasteiger partial charge in [0.15, 0.2) is 11.6 Å². The number of nitrogens with one attached hydrogen (secondary N) is 1. The van der Waals surface area contributed by atoms with Gasteiger partial charge in [-0.3, -0.25) is 8.78 Å². The van der Waals surface area contributed by atoms with E-state index in [1.54, 1.807) is 49.3 Å². The van der Waals surface area contributed by atoms with Gasteiger partial charge in [0.1, 0.15) is 29.1 Å². The number of hydrogen-bond donors (Lipinski definition) is 1. The summed E-state index contributed by atoms with van der Waals surface area (Å²) in [6, 6.07) is 15.9. The maximum Gasteiger partial charge on any atom is 0.204 e. The first kappa shape index (κ1) is 23.7. The zero-order valence-corrected chi connectivity index (χ0v) is 20.6. The molecule has 0 aliphatic heterocycles. The van der Waals surface area contributed by atoms with E-state index >= 15 is 0 Å². The first-order valence-corrected chi connectivity index (χ1v) is 12.1. The predicted octanol–water partition coefficient (Wildman–Crippen LogP) is 3.18. The minimum Gasteiger partial charge on any atom is -0.760 e. The van der Waals surface area contributed by atoms with Gasteiger partial charge in [0.05, 0.1) is 31.5 Å². The van der Waals surface area contributed by atoms with Crippen molar-refractivity contribution in [1.29, 1.82) is 0 Å². The second-order valence-corrected chi connectivity index (χ2v) is 8.58. The summed E-state index contributed by atoms with van der Waals surface area (Å²) in [6.45, 7) is 1.85. The van der Waals surface area contributed by atoms with Crippen molar-refractivity contribution in [3.05, 3.63) is 72.5 Å². The highest BCUT2D eigenvalue weighted by Crippen LogP contribution is 2.38.